The number of fused-ring (bicyclic) bond motifs is 2. The second-order valence-electron chi connectivity index (χ2n) is 27.9. The molecule has 1 unspecified atom stereocenters. The molecule has 2 aliphatic heterocycles. The van der Waals surface area contributed by atoms with E-state index in [2.05, 4.69) is 43.3 Å². The van der Waals surface area contributed by atoms with Crippen LogP contribution in [0.5, 0.6) is 0 Å². The van der Waals surface area contributed by atoms with Gasteiger partial charge in [0.25, 0.3) is 0 Å². The summed E-state index contributed by atoms with van der Waals surface area (Å²) in [5, 5.41) is 7.39. The van der Waals surface area contributed by atoms with E-state index < -0.39 is 34.6 Å². The van der Waals surface area contributed by atoms with Crippen LogP contribution in [0.4, 0.5) is 10.5 Å². The second kappa shape index (κ2) is 56.0. The summed E-state index contributed by atoms with van der Waals surface area (Å²) in [5.41, 5.74) is 0.830. The zero-order chi connectivity index (χ0) is 69.7. The number of likely N-dealkylation sites (N-methyl/N-ethyl adjacent to an activating group) is 1. The van der Waals surface area contributed by atoms with Gasteiger partial charge in [-0.1, -0.05) is 259 Å². The predicted molar refractivity (Wildman–Crippen MR) is 407 cm³/mol. The first-order valence-corrected chi connectivity index (χ1v) is 43.5. The molecule has 2 aromatic rings. The van der Waals surface area contributed by atoms with Gasteiger partial charge in [-0.3, -0.25) is 9.59 Å². The van der Waals surface area contributed by atoms with Crippen molar-refractivity contribution in [2.75, 3.05) is 136 Å². The van der Waals surface area contributed by atoms with Crippen LogP contribution in [0.2, 0.25) is 0 Å². The van der Waals surface area contributed by atoms with Crippen LogP contribution in [0, 0.1) is 0 Å². The molecule has 2 aromatic carbocycles. The molecule has 2 fully saturated rings. The molecule has 4 rings (SSSR count). The Kier molecular flexibility index (Phi) is 50.1. The summed E-state index contributed by atoms with van der Waals surface area (Å²) in [7, 11) is 7.79. The normalized spacial score (nSPS) is 16.2. The van der Waals surface area contributed by atoms with E-state index in [9.17, 15) is 22.8 Å². The van der Waals surface area contributed by atoms with Gasteiger partial charge in [-0.05, 0) is 37.8 Å². The first-order valence-electron chi connectivity index (χ1n) is 38.5. The number of nitrogens with zero attached hydrogens (tertiary/aromatic N) is 2. The van der Waals surface area contributed by atoms with Gasteiger partial charge in [-0.2, -0.15) is 16.5 Å². The molecule has 2 aliphatic rings. The molecule has 0 spiro atoms. The maximum absolute atomic E-state index is 14.0. The molecule has 97 heavy (non-hydrogen) atoms. The smallest absolute Gasteiger partial charge is 0.327 e. The topological polar surface area (TPSA) is 189 Å². The molecule has 21 heteroatoms. The molecule has 560 valence electrons. The number of hydrogen-bond donors (Lipinski definition) is 3. The Labute approximate surface area is 601 Å². The number of ether oxygens (including phenoxy) is 7. The number of thioether (sulfide) groups is 1. The summed E-state index contributed by atoms with van der Waals surface area (Å²) in [6, 6.07) is 8.90. The Morgan fingerprint density at radius 2 is 1.09 bits per heavy atom. The number of amides is 2. The molecular formula is C76H136N5O12S4+. The van der Waals surface area contributed by atoms with E-state index in [1.54, 1.807) is 18.2 Å². The third kappa shape index (κ3) is 41.4. The number of carbonyl (C=O) groups excluding carboxylic acids is 3. The molecule has 0 radical (unpaired) electrons. The number of nitrogens with one attached hydrogen (secondary N) is 3. The van der Waals surface area contributed by atoms with Crippen molar-refractivity contribution in [1.82, 2.24) is 15.4 Å². The number of urea groups is 1. The van der Waals surface area contributed by atoms with Crippen LogP contribution in [0.3, 0.4) is 0 Å². The molecule has 2 saturated heterocycles. The maximum Gasteiger partial charge on any atom is 0.327 e. The predicted octanol–water partition coefficient (Wildman–Crippen LogP) is 16.8. The van der Waals surface area contributed by atoms with Crippen molar-refractivity contribution < 1.29 is 60.4 Å². The van der Waals surface area contributed by atoms with Gasteiger partial charge in [0.05, 0.1) is 95.7 Å². The number of rotatable bonds is 67. The Morgan fingerprint density at radius 1 is 0.577 bits per heavy atom. The Bertz CT molecular complexity index is 2430. The minimum atomic E-state index is -4.32. The van der Waals surface area contributed by atoms with Gasteiger partial charge in [-0.25, -0.2) is 13.2 Å². The maximum atomic E-state index is 14.0. The SMILES string of the molecule is CCCCCCCCCCCCCCCCCCOCC(CSSCC[N+](C)(C)CCOCCOCCOCCOC(=O)[C@@H](COC(=O)CCCC[C@@H]1SC[C@@H]2NC(=O)N[C@@H]21)NS(=O)(=O)c1cccc2c(N(C)C)cccc12)OCCCCCCCCCCCCCCCCCC. The number of quaternary nitrogens is 1. The lowest BCUT2D eigenvalue weighted by Crippen LogP contribution is -2.45. The quantitative estimate of drug-likeness (QED) is 0.0186. The van der Waals surface area contributed by atoms with Gasteiger partial charge in [0, 0.05) is 66.9 Å². The highest BCUT2D eigenvalue weighted by Gasteiger charge is 2.42. The average Bonchev–Trinajstić information content (AvgIpc) is 1.40. The van der Waals surface area contributed by atoms with E-state index in [-0.39, 0.29) is 60.6 Å². The van der Waals surface area contributed by atoms with Crippen molar-refractivity contribution in [2.24, 2.45) is 0 Å². The minimum absolute atomic E-state index is 0.0213. The molecule has 0 saturated carbocycles. The van der Waals surface area contributed by atoms with Crippen LogP contribution in [-0.4, -0.2) is 192 Å². The lowest BCUT2D eigenvalue weighted by atomic mass is 10.0. The van der Waals surface area contributed by atoms with E-state index in [0.29, 0.717) is 44.8 Å². The highest BCUT2D eigenvalue weighted by molar-refractivity contribution is 8.76. The molecule has 3 N–H and O–H groups in total. The highest BCUT2D eigenvalue weighted by atomic mass is 33.1. The number of sulfonamides is 1. The third-order valence-corrected chi connectivity index (χ3v) is 24.1. The van der Waals surface area contributed by atoms with Crippen LogP contribution in [0.15, 0.2) is 41.3 Å². The van der Waals surface area contributed by atoms with Crippen molar-refractivity contribution in [3.63, 3.8) is 0 Å². The molecule has 0 aromatic heterocycles. The number of carbonyl (C=O) groups is 3. The number of esters is 2. The molecule has 2 heterocycles. The van der Waals surface area contributed by atoms with Crippen molar-refractivity contribution in [1.29, 1.82) is 0 Å². The molecule has 0 aliphatic carbocycles. The summed E-state index contributed by atoms with van der Waals surface area (Å²) in [4.78, 5) is 40.2. The molecule has 0 bridgehead atoms. The summed E-state index contributed by atoms with van der Waals surface area (Å²) in [6.45, 7) is 10.2. The fraction of sp³-hybridized carbons (Fsp3) is 0.829. The van der Waals surface area contributed by atoms with Crippen LogP contribution < -0.4 is 20.3 Å². The number of benzene rings is 2. The first-order chi connectivity index (χ1) is 47.2. The molecular weight excluding hydrogens is 1300 g/mol. The molecule has 5 atom stereocenters. The monoisotopic (exact) mass is 1440 g/mol. The first kappa shape index (κ1) is 86.8. The number of anilines is 1. The van der Waals surface area contributed by atoms with Crippen molar-refractivity contribution in [3.8, 4) is 0 Å². The van der Waals surface area contributed by atoms with Gasteiger partial charge in [-0.15, -0.1) is 0 Å². The van der Waals surface area contributed by atoms with Gasteiger partial charge < -0.3 is 53.2 Å². The number of hydrogen-bond acceptors (Lipinski definition) is 16. The van der Waals surface area contributed by atoms with E-state index in [0.717, 1.165) is 84.8 Å². The van der Waals surface area contributed by atoms with Gasteiger partial charge >= 0.3 is 18.0 Å². The van der Waals surface area contributed by atoms with E-state index in [1.165, 1.54) is 199 Å². The second-order valence-corrected chi connectivity index (χ2v) is 33.5. The van der Waals surface area contributed by atoms with Gasteiger partial charge in [0.2, 0.25) is 10.0 Å². The summed E-state index contributed by atoms with van der Waals surface area (Å²) in [6.07, 6.45) is 46.2. The molecule has 17 nitrogen and oxygen atoms in total. The van der Waals surface area contributed by atoms with E-state index in [4.69, 9.17) is 33.2 Å². The third-order valence-electron chi connectivity index (χ3n) is 18.7. The van der Waals surface area contributed by atoms with Crippen LogP contribution in [-0.2, 0) is 52.8 Å². The fourth-order valence-electron chi connectivity index (χ4n) is 12.5. The average molecular weight is 1440 g/mol. The van der Waals surface area contributed by atoms with Crippen LogP contribution in [0.1, 0.15) is 245 Å². The Hall–Kier alpha value is -2.57. The van der Waals surface area contributed by atoms with Gasteiger partial charge in [0.15, 0.2) is 6.04 Å². The summed E-state index contributed by atoms with van der Waals surface area (Å²) in [5.74, 6) is 1.36. The Morgan fingerprint density at radius 3 is 1.66 bits per heavy atom. The zero-order valence-electron chi connectivity index (χ0n) is 61.5. The summed E-state index contributed by atoms with van der Waals surface area (Å²) < 4.78 is 72.5. The van der Waals surface area contributed by atoms with Gasteiger partial charge in [0.1, 0.15) is 19.8 Å². The minimum Gasteiger partial charge on any atom is -0.463 e. The lowest BCUT2D eigenvalue weighted by molar-refractivity contribution is -0.888. The van der Waals surface area contributed by atoms with E-state index >= 15 is 0 Å². The lowest BCUT2D eigenvalue weighted by Gasteiger charge is -2.29. The summed E-state index contributed by atoms with van der Waals surface area (Å²) >= 11 is 1.81. The van der Waals surface area contributed by atoms with Crippen molar-refractivity contribution in [2.45, 2.75) is 279 Å². The standard InChI is InChI=1S/C76H135N5O12S4/c1-7-9-11-13-15-17-19-21-23-25-27-29-31-33-35-39-51-90-61-65(91-52-40-36-34-32-30-28-26-24-22-20-18-16-14-12-10-8-2)63-96-95-60-50-81(5,6)49-53-87-54-55-88-56-57-89-58-59-92-75(83)68(62-93-73(82)48-38-37-46-71-74-69(64-94-71)77-76(84)78-74)79-97(85,86)72-47-42-43-66-67(72)44-41-45-70(66)80(3)4/h41-45,47,65,68-69,71,74,79H,7-40,46,48-64H2,1-6H3,(H-,77,78,84)/p+1/t65?,68-,69+,71+,74+/m1/s1. The fourth-order valence-corrected chi connectivity index (χ4v) is 17.9. The van der Waals surface area contributed by atoms with Crippen molar-refractivity contribution in [3.05, 3.63) is 36.4 Å². The molecule has 2 amide bonds. The zero-order valence-corrected chi connectivity index (χ0v) is 64.8. The van der Waals surface area contributed by atoms with Crippen molar-refractivity contribution >= 4 is 77.8 Å². The highest BCUT2D eigenvalue weighted by Crippen LogP contribution is 2.34. The largest absolute Gasteiger partial charge is 0.463 e. The number of unbranched alkanes of at least 4 members (excludes halogenated alkanes) is 31. The van der Waals surface area contributed by atoms with Crippen LogP contribution in [0.25, 0.3) is 10.8 Å². The van der Waals surface area contributed by atoms with E-state index in [1.807, 2.05) is 64.5 Å². The van der Waals surface area contributed by atoms with Crippen LogP contribution >= 0.6 is 33.3 Å². The Balaban J connectivity index is 1.06.